The Hall–Kier alpha value is -3.09. The molecule has 0 bridgehead atoms. The normalized spacial score (nSPS) is 14.0. The quantitative estimate of drug-likeness (QED) is 0.896. The van der Waals surface area contributed by atoms with Gasteiger partial charge in [0.25, 0.3) is 5.91 Å². The highest BCUT2D eigenvalue weighted by atomic mass is 16.5. The van der Waals surface area contributed by atoms with Gasteiger partial charge in [0.2, 0.25) is 5.91 Å². The van der Waals surface area contributed by atoms with Crippen molar-refractivity contribution in [1.29, 1.82) is 0 Å². The van der Waals surface area contributed by atoms with Crippen LogP contribution in [0.2, 0.25) is 0 Å². The van der Waals surface area contributed by atoms with Crippen LogP contribution in [-0.2, 0) is 4.79 Å². The second-order valence-corrected chi connectivity index (χ2v) is 6.55. The van der Waals surface area contributed by atoms with Crippen LogP contribution in [-0.4, -0.2) is 55.0 Å². The van der Waals surface area contributed by atoms with E-state index >= 15 is 0 Å². The number of piperazine rings is 1. The Morgan fingerprint density at radius 1 is 1.11 bits per heavy atom. The molecule has 1 fully saturated rings. The summed E-state index contributed by atoms with van der Waals surface area (Å²) in [5, 5.41) is 2.85. The van der Waals surface area contributed by atoms with Gasteiger partial charge in [-0.2, -0.15) is 0 Å². The summed E-state index contributed by atoms with van der Waals surface area (Å²) >= 11 is 0. The molecule has 1 aromatic heterocycles. The van der Waals surface area contributed by atoms with Crippen molar-refractivity contribution < 1.29 is 14.3 Å². The first-order valence-electron chi connectivity index (χ1n) is 8.90. The fourth-order valence-corrected chi connectivity index (χ4v) is 3.09. The summed E-state index contributed by atoms with van der Waals surface area (Å²) in [6.07, 6.45) is 1.70. The molecule has 2 aromatic rings. The second-order valence-electron chi connectivity index (χ2n) is 6.55. The second kappa shape index (κ2) is 8.07. The van der Waals surface area contributed by atoms with Crippen LogP contribution in [0.4, 0.5) is 11.4 Å². The highest BCUT2D eigenvalue weighted by Crippen LogP contribution is 2.25. The fraction of sp³-hybridized carbons (Fsp3) is 0.350. The number of nitrogens with zero attached hydrogens (tertiary/aromatic N) is 3. The van der Waals surface area contributed by atoms with Gasteiger partial charge in [-0.3, -0.25) is 9.59 Å². The van der Waals surface area contributed by atoms with E-state index in [-0.39, 0.29) is 11.8 Å². The first kappa shape index (κ1) is 18.7. The van der Waals surface area contributed by atoms with Crippen molar-refractivity contribution in [1.82, 2.24) is 9.88 Å². The zero-order valence-electron chi connectivity index (χ0n) is 15.9. The van der Waals surface area contributed by atoms with Gasteiger partial charge in [-0.05, 0) is 36.8 Å². The first-order chi connectivity index (χ1) is 13.0. The fourth-order valence-electron chi connectivity index (χ4n) is 3.09. The molecule has 0 spiro atoms. The van der Waals surface area contributed by atoms with Gasteiger partial charge in [0.15, 0.2) is 0 Å². The van der Waals surface area contributed by atoms with Crippen molar-refractivity contribution in [2.75, 3.05) is 43.5 Å². The molecule has 0 saturated carbocycles. The monoisotopic (exact) mass is 368 g/mol. The third-order valence-corrected chi connectivity index (χ3v) is 4.67. The molecule has 1 saturated heterocycles. The molecule has 7 heteroatoms. The van der Waals surface area contributed by atoms with E-state index in [0.29, 0.717) is 30.2 Å². The van der Waals surface area contributed by atoms with Gasteiger partial charge in [0.1, 0.15) is 11.4 Å². The number of amides is 2. The topological polar surface area (TPSA) is 74.8 Å². The maximum absolute atomic E-state index is 12.5. The van der Waals surface area contributed by atoms with Crippen molar-refractivity contribution >= 4 is 23.2 Å². The lowest BCUT2D eigenvalue weighted by Gasteiger charge is -2.35. The van der Waals surface area contributed by atoms with Crippen LogP contribution >= 0.6 is 0 Å². The molecule has 1 aliphatic rings. The number of benzene rings is 1. The van der Waals surface area contributed by atoms with Crippen LogP contribution in [0.1, 0.15) is 23.0 Å². The van der Waals surface area contributed by atoms with Gasteiger partial charge >= 0.3 is 0 Å². The van der Waals surface area contributed by atoms with Crippen molar-refractivity contribution in [2.24, 2.45) is 0 Å². The molecule has 27 heavy (non-hydrogen) atoms. The van der Waals surface area contributed by atoms with E-state index in [4.69, 9.17) is 4.74 Å². The van der Waals surface area contributed by atoms with Crippen LogP contribution in [0, 0.1) is 6.92 Å². The summed E-state index contributed by atoms with van der Waals surface area (Å²) < 4.78 is 5.29. The molecule has 0 atom stereocenters. The van der Waals surface area contributed by atoms with Gasteiger partial charge in [0.05, 0.1) is 24.7 Å². The van der Waals surface area contributed by atoms with E-state index in [1.807, 2.05) is 36.1 Å². The number of carbonyl (C=O) groups is 2. The zero-order valence-corrected chi connectivity index (χ0v) is 15.9. The van der Waals surface area contributed by atoms with E-state index in [9.17, 15) is 9.59 Å². The number of hydrogen-bond donors (Lipinski definition) is 1. The Balaban J connectivity index is 1.66. The van der Waals surface area contributed by atoms with E-state index in [1.54, 1.807) is 26.3 Å². The minimum atomic E-state index is -0.285. The third kappa shape index (κ3) is 4.36. The minimum absolute atomic E-state index is 0.103. The molecule has 7 nitrogen and oxygen atoms in total. The molecular formula is C20H24N4O3. The lowest BCUT2D eigenvalue weighted by atomic mass is 10.2. The number of anilines is 2. The number of aryl methyl sites for hydroxylation is 1. The molecule has 142 valence electrons. The van der Waals surface area contributed by atoms with Crippen LogP contribution < -0.4 is 15.0 Å². The predicted molar refractivity (Wildman–Crippen MR) is 104 cm³/mol. The zero-order chi connectivity index (χ0) is 19.4. The number of ether oxygens (including phenoxy) is 1. The lowest BCUT2D eigenvalue weighted by Crippen LogP contribution is -2.48. The van der Waals surface area contributed by atoms with Gasteiger partial charge < -0.3 is 19.9 Å². The maximum atomic E-state index is 12.5. The van der Waals surface area contributed by atoms with Gasteiger partial charge in [-0.15, -0.1) is 0 Å². The number of rotatable bonds is 4. The summed E-state index contributed by atoms with van der Waals surface area (Å²) in [6.45, 7) is 6.46. The molecule has 1 aliphatic heterocycles. The van der Waals surface area contributed by atoms with E-state index in [0.717, 1.165) is 24.3 Å². The van der Waals surface area contributed by atoms with Crippen molar-refractivity contribution in [3.8, 4) is 5.75 Å². The number of aromatic nitrogens is 1. The van der Waals surface area contributed by atoms with E-state index in [2.05, 4.69) is 15.2 Å². The molecule has 1 aromatic carbocycles. The van der Waals surface area contributed by atoms with Crippen LogP contribution in [0.3, 0.4) is 0 Å². The number of pyridine rings is 1. The highest BCUT2D eigenvalue weighted by Gasteiger charge is 2.19. The Morgan fingerprint density at radius 2 is 1.85 bits per heavy atom. The number of nitrogens with one attached hydrogen (secondary N) is 1. The summed E-state index contributed by atoms with van der Waals surface area (Å²) in [7, 11) is 1.57. The van der Waals surface area contributed by atoms with Crippen molar-refractivity contribution in [3.05, 3.63) is 47.8 Å². The molecule has 1 N–H and O–H groups in total. The minimum Gasteiger partial charge on any atom is -0.495 e. The number of hydrogen-bond acceptors (Lipinski definition) is 5. The smallest absolute Gasteiger partial charge is 0.274 e. The average molecular weight is 368 g/mol. The molecule has 2 amide bonds. The molecule has 3 rings (SSSR count). The predicted octanol–water partition coefficient (Wildman–Crippen LogP) is 2.32. The molecule has 0 unspecified atom stereocenters. The van der Waals surface area contributed by atoms with Crippen molar-refractivity contribution in [3.63, 3.8) is 0 Å². The Labute approximate surface area is 158 Å². The standard InChI is InChI=1S/C20H24N4O3/c1-14-4-7-19(27-3)18(12-14)22-20(26)17-6-5-16(13-21-17)24-10-8-23(9-11-24)15(2)25/h4-7,12-13H,8-11H2,1-3H3,(H,22,26). The largest absolute Gasteiger partial charge is 0.495 e. The van der Waals surface area contributed by atoms with Crippen LogP contribution in [0.15, 0.2) is 36.5 Å². The van der Waals surface area contributed by atoms with Gasteiger partial charge in [-0.1, -0.05) is 6.07 Å². The first-order valence-corrected chi connectivity index (χ1v) is 8.90. The summed E-state index contributed by atoms with van der Waals surface area (Å²) in [5.41, 5.74) is 2.93. The Morgan fingerprint density at radius 3 is 2.44 bits per heavy atom. The van der Waals surface area contributed by atoms with Crippen molar-refractivity contribution in [2.45, 2.75) is 13.8 Å². The summed E-state index contributed by atoms with van der Waals surface area (Å²) in [5.74, 6) is 0.423. The van der Waals surface area contributed by atoms with Crippen LogP contribution in [0.25, 0.3) is 0 Å². The SMILES string of the molecule is COc1ccc(C)cc1NC(=O)c1ccc(N2CCN(C(C)=O)CC2)cn1. The molecular weight excluding hydrogens is 344 g/mol. The van der Waals surface area contributed by atoms with Gasteiger partial charge in [0, 0.05) is 33.1 Å². The lowest BCUT2D eigenvalue weighted by molar-refractivity contribution is -0.129. The van der Waals surface area contributed by atoms with Crippen LogP contribution in [0.5, 0.6) is 5.75 Å². The third-order valence-electron chi connectivity index (χ3n) is 4.67. The molecule has 2 heterocycles. The number of carbonyl (C=O) groups excluding carboxylic acids is 2. The van der Waals surface area contributed by atoms with E-state index < -0.39 is 0 Å². The molecule has 0 radical (unpaired) electrons. The average Bonchev–Trinajstić information content (AvgIpc) is 2.68. The van der Waals surface area contributed by atoms with E-state index in [1.165, 1.54) is 0 Å². The molecule has 0 aliphatic carbocycles. The summed E-state index contributed by atoms with van der Waals surface area (Å²) in [6, 6.07) is 9.21. The Bertz CT molecular complexity index is 828. The summed E-state index contributed by atoms with van der Waals surface area (Å²) in [4.78, 5) is 32.2. The van der Waals surface area contributed by atoms with Gasteiger partial charge in [-0.25, -0.2) is 4.98 Å². The number of methoxy groups -OCH3 is 1. The highest BCUT2D eigenvalue weighted by molar-refractivity contribution is 6.03. The maximum Gasteiger partial charge on any atom is 0.274 e. The Kier molecular flexibility index (Phi) is 5.59.